The highest BCUT2D eigenvalue weighted by molar-refractivity contribution is 6.30. The number of likely N-dealkylation sites (tertiary alicyclic amines) is 1. The number of aromatic nitrogens is 1. The van der Waals surface area contributed by atoms with Crippen molar-refractivity contribution < 1.29 is 14.6 Å². The predicted molar refractivity (Wildman–Crippen MR) is 143 cm³/mol. The zero-order valence-electron chi connectivity index (χ0n) is 20.5. The van der Waals surface area contributed by atoms with Gasteiger partial charge in [-0.05, 0) is 79.6 Å². The van der Waals surface area contributed by atoms with Crippen molar-refractivity contribution in [2.45, 2.75) is 38.7 Å². The summed E-state index contributed by atoms with van der Waals surface area (Å²) >= 11 is 6.34. The van der Waals surface area contributed by atoms with Gasteiger partial charge in [0, 0.05) is 36.4 Å². The van der Waals surface area contributed by atoms with Crippen LogP contribution >= 0.6 is 11.6 Å². The molecule has 1 aliphatic carbocycles. The van der Waals surface area contributed by atoms with E-state index in [0.29, 0.717) is 17.9 Å². The topological polar surface area (TPSA) is 62.7 Å². The van der Waals surface area contributed by atoms with Crippen LogP contribution in [0.1, 0.15) is 52.5 Å². The molecule has 0 bridgehead atoms. The maximum absolute atomic E-state index is 11.8. The summed E-state index contributed by atoms with van der Waals surface area (Å²) in [5.41, 5.74) is 8.13. The molecule has 1 aromatic heterocycles. The summed E-state index contributed by atoms with van der Waals surface area (Å²) in [7, 11) is 0. The van der Waals surface area contributed by atoms with Crippen molar-refractivity contribution in [2.75, 3.05) is 26.2 Å². The Labute approximate surface area is 217 Å². The number of hydrogen-bond donors (Lipinski definition) is 1. The number of fused-ring (bicyclic) bond motifs is 2. The second kappa shape index (κ2) is 11.0. The van der Waals surface area contributed by atoms with Gasteiger partial charge in [-0.2, -0.15) is 0 Å². The lowest BCUT2D eigenvalue weighted by Crippen LogP contribution is -2.39. The Morgan fingerprint density at radius 3 is 2.64 bits per heavy atom. The van der Waals surface area contributed by atoms with Gasteiger partial charge >= 0.3 is 0 Å². The minimum Gasteiger partial charge on any atom is -0.490 e. The van der Waals surface area contributed by atoms with Gasteiger partial charge < -0.3 is 9.84 Å². The average molecular weight is 503 g/mol. The smallest absolute Gasteiger partial charge is 0.163 e. The number of aryl methyl sites for hydroxylation is 2. The molecule has 5 rings (SSSR count). The van der Waals surface area contributed by atoms with Crippen LogP contribution in [0.5, 0.6) is 5.75 Å². The molecule has 0 radical (unpaired) electrons. The van der Waals surface area contributed by atoms with E-state index in [2.05, 4.69) is 23.1 Å². The van der Waals surface area contributed by atoms with Crippen LogP contribution in [0.2, 0.25) is 5.02 Å². The van der Waals surface area contributed by atoms with Crippen molar-refractivity contribution >= 4 is 23.0 Å². The molecule has 0 amide bonds. The predicted octanol–water partition coefficient (Wildman–Crippen LogP) is 5.37. The highest BCUT2D eigenvalue weighted by Gasteiger charge is 2.26. The number of hydrogen-bond acceptors (Lipinski definition) is 5. The summed E-state index contributed by atoms with van der Waals surface area (Å²) < 4.78 is 5.79. The zero-order valence-corrected chi connectivity index (χ0v) is 21.3. The number of β-amino-alcohol motifs (C(OH)–C–C–N with tert-alkyl or cyclic N) is 1. The molecule has 3 aromatic rings. The Balaban J connectivity index is 1.29. The first-order chi connectivity index (χ1) is 17.5. The number of carbonyl (C=O) groups excluding carboxylic acids is 1. The van der Waals surface area contributed by atoms with Crippen LogP contribution in [0.25, 0.3) is 5.57 Å². The van der Waals surface area contributed by atoms with Gasteiger partial charge in [0.1, 0.15) is 18.5 Å². The summed E-state index contributed by atoms with van der Waals surface area (Å²) in [6.07, 6.45) is 5.01. The van der Waals surface area contributed by atoms with E-state index in [-0.39, 0.29) is 12.4 Å². The lowest BCUT2D eigenvalue weighted by Gasteiger charge is -2.31. The molecule has 2 aliphatic rings. The molecule has 36 heavy (non-hydrogen) atoms. The average Bonchev–Trinajstić information content (AvgIpc) is 3.05. The second-order valence-electron chi connectivity index (χ2n) is 9.61. The number of para-hydroxylation sites is 1. The van der Waals surface area contributed by atoms with Gasteiger partial charge in [0.05, 0.1) is 11.3 Å². The maximum atomic E-state index is 11.8. The monoisotopic (exact) mass is 502 g/mol. The molecule has 1 saturated heterocycles. The summed E-state index contributed by atoms with van der Waals surface area (Å²) in [4.78, 5) is 18.9. The van der Waals surface area contributed by atoms with Crippen molar-refractivity contribution in [3.05, 3.63) is 99.3 Å². The van der Waals surface area contributed by atoms with Crippen LogP contribution in [-0.4, -0.2) is 53.1 Å². The van der Waals surface area contributed by atoms with Crippen LogP contribution in [0, 0.1) is 0 Å². The van der Waals surface area contributed by atoms with Crippen molar-refractivity contribution in [1.82, 2.24) is 9.88 Å². The van der Waals surface area contributed by atoms with Crippen LogP contribution in [0.4, 0.5) is 0 Å². The Morgan fingerprint density at radius 1 is 1.06 bits per heavy atom. The molecule has 0 spiro atoms. The van der Waals surface area contributed by atoms with Crippen molar-refractivity contribution in [2.24, 2.45) is 0 Å². The minimum absolute atomic E-state index is 0.0462. The normalized spacial score (nSPS) is 16.6. The van der Waals surface area contributed by atoms with Gasteiger partial charge in [-0.15, -0.1) is 0 Å². The lowest BCUT2D eigenvalue weighted by atomic mass is 9.88. The molecule has 1 N–H and O–H groups in total. The first-order valence-corrected chi connectivity index (χ1v) is 13.0. The van der Waals surface area contributed by atoms with Crippen molar-refractivity contribution in [3.63, 3.8) is 0 Å². The quantitative estimate of drug-likeness (QED) is 0.459. The molecule has 2 aromatic carbocycles. The fourth-order valence-corrected chi connectivity index (χ4v) is 5.50. The molecular formula is C30H31ClN2O3. The SMILES string of the molecule is CC(=O)c1ccccc1OCC(O)CN1CCC(=C2c3ccc(Cl)cc3CCc3cccnc32)CC1. The molecule has 186 valence electrons. The standard InChI is InChI=1S/C30H31ClN2O3/c1-20(34)26-6-2-3-7-28(26)36-19-25(35)18-33-15-12-21(13-16-33)29-27-11-10-24(31)17-23(27)9-8-22-5-4-14-32-30(22)29/h2-7,10-11,14,17,25,35H,8-9,12-13,15-16,18-19H2,1H3. The molecular weight excluding hydrogens is 472 g/mol. The lowest BCUT2D eigenvalue weighted by molar-refractivity contribution is 0.0650. The van der Waals surface area contributed by atoms with E-state index in [1.54, 1.807) is 12.1 Å². The summed E-state index contributed by atoms with van der Waals surface area (Å²) in [5.74, 6) is 0.475. The molecule has 1 aliphatic heterocycles. The first kappa shape index (κ1) is 24.7. The van der Waals surface area contributed by atoms with E-state index in [4.69, 9.17) is 21.3 Å². The number of nitrogens with zero attached hydrogens (tertiary/aromatic N) is 2. The Kier molecular flexibility index (Phi) is 7.51. The Morgan fingerprint density at radius 2 is 1.83 bits per heavy atom. The van der Waals surface area contributed by atoms with E-state index in [9.17, 15) is 9.90 Å². The molecule has 6 heteroatoms. The zero-order chi connectivity index (χ0) is 25.1. The first-order valence-electron chi connectivity index (χ1n) is 12.6. The Bertz CT molecular complexity index is 1290. The van der Waals surface area contributed by atoms with Crippen molar-refractivity contribution in [3.8, 4) is 5.75 Å². The largest absolute Gasteiger partial charge is 0.490 e. The summed E-state index contributed by atoms with van der Waals surface area (Å²) in [6, 6.07) is 17.6. The van der Waals surface area contributed by atoms with E-state index >= 15 is 0 Å². The number of carbonyl (C=O) groups is 1. The summed E-state index contributed by atoms with van der Waals surface area (Å²) in [5, 5.41) is 11.4. The maximum Gasteiger partial charge on any atom is 0.163 e. The van der Waals surface area contributed by atoms with Gasteiger partial charge in [-0.1, -0.05) is 41.4 Å². The number of benzene rings is 2. The van der Waals surface area contributed by atoms with Crippen LogP contribution in [-0.2, 0) is 12.8 Å². The minimum atomic E-state index is -0.637. The number of ether oxygens (including phenoxy) is 1. The Hall–Kier alpha value is -2.99. The van der Waals surface area contributed by atoms with E-state index in [1.165, 1.54) is 34.8 Å². The van der Waals surface area contributed by atoms with Gasteiger partial charge in [0.25, 0.3) is 0 Å². The number of pyridine rings is 1. The fourth-order valence-electron chi connectivity index (χ4n) is 5.31. The van der Waals surface area contributed by atoms with Crippen molar-refractivity contribution in [1.29, 1.82) is 0 Å². The number of piperidine rings is 1. The third kappa shape index (κ3) is 5.39. The highest BCUT2D eigenvalue weighted by Crippen LogP contribution is 2.38. The third-order valence-corrected chi connectivity index (χ3v) is 7.34. The van der Waals surface area contributed by atoms with Gasteiger partial charge in [-0.3, -0.25) is 14.7 Å². The van der Waals surface area contributed by atoms with Gasteiger partial charge in [0.2, 0.25) is 0 Å². The highest BCUT2D eigenvalue weighted by atomic mass is 35.5. The van der Waals surface area contributed by atoms with Gasteiger partial charge in [0.15, 0.2) is 5.78 Å². The number of rotatable bonds is 6. The third-order valence-electron chi connectivity index (χ3n) is 7.11. The molecule has 2 heterocycles. The summed E-state index contributed by atoms with van der Waals surface area (Å²) in [6.45, 7) is 3.94. The van der Waals surface area contributed by atoms with Crippen LogP contribution in [0.15, 0.2) is 66.4 Å². The second-order valence-corrected chi connectivity index (χ2v) is 10.0. The van der Waals surface area contributed by atoms with Crippen LogP contribution < -0.4 is 4.74 Å². The van der Waals surface area contributed by atoms with E-state index in [0.717, 1.165) is 49.5 Å². The number of aliphatic hydroxyl groups excluding tert-OH is 1. The molecule has 1 fully saturated rings. The molecule has 0 saturated carbocycles. The number of halogens is 1. The van der Waals surface area contributed by atoms with E-state index in [1.807, 2.05) is 30.5 Å². The molecule has 1 atom stereocenters. The number of ketones is 1. The fraction of sp³-hybridized carbons (Fsp3) is 0.333. The molecule has 5 nitrogen and oxygen atoms in total. The van der Waals surface area contributed by atoms with Crippen LogP contribution in [0.3, 0.4) is 0 Å². The number of aliphatic hydroxyl groups is 1. The van der Waals surface area contributed by atoms with E-state index < -0.39 is 6.10 Å². The number of Topliss-reactive ketones (excluding diaryl/α,β-unsaturated/α-hetero) is 1. The molecule has 1 unspecified atom stereocenters. The van der Waals surface area contributed by atoms with Gasteiger partial charge in [-0.25, -0.2) is 0 Å².